The molecule has 184 valence electrons. The Bertz CT molecular complexity index is 1140. The number of amides is 2. The van der Waals surface area contributed by atoms with E-state index in [0.717, 1.165) is 49.7 Å². The van der Waals surface area contributed by atoms with Gasteiger partial charge in [-0.15, -0.1) is 0 Å². The number of fused-ring (bicyclic) bond motifs is 3. The normalized spacial score (nSPS) is 25.4. The van der Waals surface area contributed by atoms with Crippen LogP contribution in [0.1, 0.15) is 42.4 Å². The Balaban J connectivity index is 1.35. The number of aryl methyl sites for hydroxylation is 1. The summed E-state index contributed by atoms with van der Waals surface area (Å²) in [6.45, 7) is 5.11. The summed E-state index contributed by atoms with van der Waals surface area (Å²) in [5.41, 5.74) is 0.901. The van der Waals surface area contributed by atoms with E-state index in [9.17, 15) is 18.4 Å². The molecule has 0 radical (unpaired) electrons. The fourth-order valence-corrected chi connectivity index (χ4v) is 5.51. The van der Waals surface area contributed by atoms with Gasteiger partial charge in [0.2, 0.25) is 5.91 Å². The summed E-state index contributed by atoms with van der Waals surface area (Å²) in [6.07, 6.45) is 5.11. The van der Waals surface area contributed by atoms with Crippen molar-refractivity contribution in [3.8, 4) is 0 Å². The van der Waals surface area contributed by atoms with Crippen molar-refractivity contribution in [2.45, 2.75) is 50.5 Å². The molecule has 3 aliphatic heterocycles. The number of piperidine rings is 3. The molecule has 1 unspecified atom stereocenters. The zero-order valence-corrected chi connectivity index (χ0v) is 20.0. The molecule has 7 heteroatoms. The standard InChI is InChI=1S/C28H31F2N3O2/c1-18-5-7-19(8-6-18)15-24(26(34)31-16-21-17-33-13-9-20(21)10-14-33)32-27(35)28(11-12-28)22-3-2-4-23(29)25(22)30/h2-8,16,20-21,24H,9-15,17H2,1H3,(H,32,35)/t21?,24-/m0/s1. The number of benzene rings is 2. The van der Waals surface area contributed by atoms with Crippen molar-refractivity contribution < 1.29 is 18.4 Å². The molecule has 1 aliphatic carbocycles. The van der Waals surface area contributed by atoms with Crippen LogP contribution >= 0.6 is 0 Å². The smallest absolute Gasteiger partial charge is 0.268 e. The van der Waals surface area contributed by atoms with Gasteiger partial charge < -0.3 is 10.2 Å². The SMILES string of the molecule is Cc1ccc(C[C@H](NC(=O)C2(c3cccc(F)c3F)CC2)C(=O)N=CC2CN3CCC2CC3)cc1. The van der Waals surface area contributed by atoms with Gasteiger partial charge in [-0.2, -0.15) is 0 Å². The van der Waals surface area contributed by atoms with Crippen LogP contribution < -0.4 is 5.32 Å². The van der Waals surface area contributed by atoms with E-state index in [1.165, 1.54) is 12.1 Å². The molecular formula is C28H31F2N3O2. The number of carbonyl (C=O) groups excluding carboxylic acids is 2. The molecule has 2 aromatic carbocycles. The highest BCUT2D eigenvalue weighted by atomic mass is 19.2. The van der Waals surface area contributed by atoms with Gasteiger partial charge in [0.1, 0.15) is 6.04 Å². The van der Waals surface area contributed by atoms with Gasteiger partial charge >= 0.3 is 0 Å². The maximum absolute atomic E-state index is 14.5. The third-order valence-corrected chi connectivity index (χ3v) is 7.92. The molecular weight excluding hydrogens is 448 g/mol. The number of nitrogens with zero attached hydrogens (tertiary/aromatic N) is 2. The highest BCUT2D eigenvalue weighted by Crippen LogP contribution is 2.49. The lowest BCUT2D eigenvalue weighted by Gasteiger charge is -2.43. The Kier molecular flexibility index (Phi) is 6.53. The third kappa shape index (κ3) is 4.92. The van der Waals surface area contributed by atoms with Gasteiger partial charge in [0.25, 0.3) is 5.91 Å². The summed E-state index contributed by atoms with van der Waals surface area (Å²) in [7, 11) is 0. The van der Waals surface area contributed by atoms with Crippen LogP contribution in [0.15, 0.2) is 47.5 Å². The summed E-state index contributed by atoms with van der Waals surface area (Å²) in [6, 6.07) is 10.8. The monoisotopic (exact) mass is 479 g/mol. The Morgan fingerprint density at radius 2 is 1.86 bits per heavy atom. The highest BCUT2D eigenvalue weighted by Gasteiger charge is 2.53. The van der Waals surface area contributed by atoms with Gasteiger partial charge in [0.15, 0.2) is 11.6 Å². The molecule has 2 bridgehead atoms. The van der Waals surface area contributed by atoms with Crippen LogP contribution in [-0.2, 0) is 21.4 Å². The van der Waals surface area contributed by atoms with E-state index in [0.29, 0.717) is 18.8 Å². The first-order valence-corrected chi connectivity index (χ1v) is 12.5. The van der Waals surface area contributed by atoms with Crippen molar-refractivity contribution in [1.82, 2.24) is 10.2 Å². The van der Waals surface area contributed by atoms with E-state index in [1.807, 2.05) is 31.2 Å². The van der Waals surface area contributed by atoms with Crippen LogP contribution in [0.25, 0.3) is 0 Å². The zero-order valence-electron chi connectivity index (χ0n) is 20.0. The number of halogens is 2. The molecule has 1 N–H and O–H groups in total. The minimum absolute atomic E-state index is 0.0484. The minimum atomic E-state index is -1.14. The quantitative estimate of drug-likeness (QED) is 0.612. The van der Waals surface area contributed by atoms with Gasteiger partial charge in [-0.1, -0.05) is 42.0 Å². The molecule has 2 atom stereocenters. The lowest BCUT2D eigenvalue weighted by molar-refractivity contribution is -0.128. The molecule has 3 heterocycles. The van der Waals surface area contributed by atoms with Crippen LogP contribution in [-0.4, -0.2) is 48.6 Å². The summed E-state index contributed by atoms with van der Waals surface area (Å²) in [4.78, 5) is 33.3. The molecule has 1 saturated carbocycles. The van der Waals surface area contributed by atoms with Crippen molar-refractivity contribution in [3.05, 3.63) is 70.8 Å². The van der Waals surface area contributed by atoms with Crippen molar-refractivity contribution in [1.29, 1.82) is 0 Å². The average Bonchev–Trinajstić information content (AvgIpc) is 3.68. The molecule has 2 aromatic rings. The van der Waals surface area contributed by atoms with Gasteiger partial charge in [-0.25, -0.2) is 13.8 Å². The molecule has 2 amide bonds. The first kappa shape index (κ1) is 23.8. The fourth-order valence-electron chi connectivity index (χ4n) is 5.51. The molecule has 6 rings (SSSR count). The first-order chi connectivity index (χ1) is 16.9. The number of nitrogens with one attached hydrogen (secondary N) is 1. The molecule has 4 aliphatic rings. The van der Waals surface area contributed by atoms with E-state index in [2.05, 4.69) is 15.2 Å². The van der Waals surface area contributed by atoms with E-state index < -0.39 is 34.9 Å². The largest absolute Gasteiger partial charge is 0.343 e. The third-order valence-electron chi connectivity index (χ3n) is 7.92. The maximum atomic E-state index is 14.5. The number of carbonyl (C=O) groups is 2. The average molecular weight is 480 g/mol. The van der Waals surface area contributed by atoms with Crippen molar-refractivity contribution in [2.75, 3.05) is 19.6 Å². The predicted molar refractivity (Wildman–Crippen MR) is 130 cm³/mol. The van der Waals surface area contributed by atoms with Crippen LogP contribution in [0.2, 0.25) is 0 Å². The Labute approximate surface area is 204 Å². The number of hydrogen-bond acceptors (Lipinski definition) is 3. The van der Waals surface area contributed by atoms with Crippen molar-refractivity contribution in [3.63, 3.8) is 0 Å². The second-order valence-electron chi connectivity index (χ2n) is 10.3. The summed E-state index contributed by atoms with van der Waals surface area (Å²) >= 11 is 0. The van der Waals surface area contributed by atoms with Gasteiger partial charge in [0, 0.05) is 30.7 Å². The molecule has 0 aromatic heterocycles. The lowest BCUT2D eigenvalue weighted by atomic mass is 9.80. The van der Waals surface area contributed by atoms with E-state index in [-0.39, 0.29) is 17.9 Å². The maximum Gasteiger partial charge on any atom is 0.268 e. The zero-order chi connectivity index (χ0) is 24.6. The van der Waals surface area contributed by atoms with Crippen LogP contribution in [0.3, 0.4) is 0 Å². The van der Waals surface area contributed by atoms with Crippen molar-refractivity contribution in [2.24, 2.45) is 16.8 Å². The van der Waals surface area contributed by atoms with E-state index in [1.54, 1.807) is 6.21 Å². The second-order valence-corrected chi connectivity index (χ2v) is 10.3. The van der Waals surface area contributed by atoms with Gasteiger partial charge in [-0.05, 0) is 63.2 Å². The number of aliphatic imine (C=N–C) groups is 1. The van der Waals surface area contributed by atoms with Gasteiger partial charge in [0.05, 0.1) is 5.41 Å². The van der Waals surface area contributed by atoms with Gasteiger partial charge in [-0.3, -0.25) is 9.59 Å². The Hall–Kier alpha value is -2.93. The molecule has 35 heavy (non-hydrogen) atoms. The Morgan fingerprint density at radius 1 is 1.14 bits per heavy atom. The molecule has 0 spiro atoms. The minimum Gasteiger partial charge on any atom is -0.343 e. The number of rotatable bonds is 7. The fraction of sp³-hybridized carbons (Fsp3) is 0.464. The molecule has 4 fully saturated rings. The molecule has 5 nitrogen and oxygen atoms in total. The number of hydrogen-bond donors (Lipinski definition) is 1. The molecule has 3 saturated heterocycles. The van der Waals surface area contributed by atoms with Crippen LogP contribution in [0, 0.1) is 30.4 Å². The second kappa shape index (κ2) is 9.61. The van der Waals surface area contributed by atoms with E-state index >= 15 is 0 Å². The van der Waals surface area contributed by atoms with Crippen molar-refractivity contribution >= 4 is 18.0 Å². The first-order valence-electron chi connectivity index (χ1n) is 12.5. The summed E-state index contributed by atoms with van der Waals surface area (Å²) in [5.74, 6) is -2.05. The Morgan fingerprint density at radius 3 is 2.49 bits per heavy atom. The topological polar surface area (TPSA) is 61.8 Å². The van der Waals surface area contributed by atoms with E-state index in [4.69, 9.17) is 0 Å². The highest BCUT2D eigenvalue weighted by molar-refractivity contribution is 5.97. The van der Waals surface area contributed by atoms with Crippen LogP contribution in [0.4, 0.5) is 8.78 Å². The lowest BCUT2D eigenvalue weighted by Crippen LogP contribution is -2.48. The summed E-state index contributed by atoms with van der Waals surface area (Å²) < 4.78 is 28.4. The predicted octanol–water partition coefficient (Wildman–Crippen LogP) is 3.97. The van der Waals surface area contributed by atoms with Crippen LogP contribution in [0.5, 0.6) is 0 Å². The summed E-state index contributed by atoms with van der Waals surface area (Å²) in [5, 5.41) is 2.85.